The Morgan fingerprint density at radius 2 is 1.75 bits per heavy atom. The van der Waals surface area contributed by atoms with Gasteiger partial charge < -0.3 is 5.32 Å². The van der Waals surface area contributed by atoms with Crippen LogP contribution in [-0.2, 0) is 6.42 Å². The Kier molecular flexibility index (Phi) is 5.54. The van der Waals surface area contributed by atoms with Crippen molar-refractivity contribution in [1.29, 1.82) is 0 Å². The topological polar surface area (TPSA) is 12.0 Å². The molecule has 0 aliphatic carbocycles. The standard InChI is InChI=1S/C15H25N/c1-5-7-12(3)15(16-4)14-10-8-13(6-2)9-11-14/h8-12,15-16H,5-7H2,1-4H3. The molecule has 1 aromatic carbocycles. The van der Waals surface area contributed by atoms with Crippen LogP contribution in [0.1, 0.15) is 50.8 Å². The van der Waals surface area contributed by atoms with Gasteiger partial charge in [0.15, 0.2) is 0 Å². The van der Waals surface area contributed by atoms with Gasteiger partial charge in [-0.1, -0.05) is 51.5 Å². The lowest BCUT2D eigenvalue weighted by atomic mass is 9.90. The van der Waals surface area contributed by atoms with Crippen LogP contribution in [0.4, 0.5) is 0 Å². The molecule has 0 saturated carbocycles. The number of aryl methyl sites for hydroxylation is 1. The van der Waals surface area contributed by atoms with Crippen LogP contribution < -0.4 is 5.32 Å². The molecule has 0 fully saturated rings. The van der Waals surface area contributed by atoms with Gasteiger partial charge in [-0.3, -0.25) is 0 Å². The van der Waals surface area contributed by atoms with Gasteiger partial charge in [-0.2, -0.15) is 0 Å². The van der Waals surface area contributed by atoms with Gasteiger partial charge in [0.1, 0.15) is 0 Å². The second-order valence-electron chi connectivity index (χ2n) is 4.63. The van der Waals surface area contributed by atoms with Gasteiger partial charge in [-0.15, -0.1) is 0 Å². The highest BCUT2D eigenvalue weighted by atomic mass is 14.9. The molecule has 0 heterocycles. The molecular weight excluding hydrogens is 194 g/mol. The first kappa shape index (κ1) is 13.2. The maximum absolute atomic E-state index is 3.44. The second-order valence-corrected chi connectivity index (χ2v) is 4.63. The summed E-state index contributed by atoms with van der Waals surface area (Å²) in [5.41, 5.74) is 2.84. The van der Waals surface area contributed by atoms with Gasteiger partial charge in [0, 0.05) is 6.04 Å². The fraction of sp³-hybridized carbons (Fsp3) is 0.600. The summed E-state index contributed by atoms with van der Waals surface area (Å²) in [5, 5.41) is 3.44. The Hall–Kier alpha value is -0.820. The van der Waals surface area contributed by atoms with Crippen molar-refractivity contribution in [1.82, 2.24) is 5.32 Å². The molecule has 0 aliphatic rings. The zero-order chi connectivity index (χ0) is 12.0. The third kappa shape index (κ3) is 3.34. The van der Waals surface area contributed by atoms with Crippen LogP contribution >= 0.6 is 0 Å². The monoisotopic (exact) mass is 219 g/mol. The predicted octanol–water partition coefficient (Wildman–Crippen LogP) is 3.95. The molecule has 0 bridgehead atoms. The van der Waals surface area contributed by atoms with E-state index in [2.05, 4.69) is 57.4 Å². The first-order valence-corrected chi connectivity index (χ1v) is 6.49. The van der Waals surface area contributed by atoms with Gasteiger partial charge in [0.25, 0.3) is 0 Å². The van der Waals surface area contributed by atoms with E-state index in [4.69, 9.17) is 0 Å². The van der Waals surface area contributed by atoms with Crippen molar-refractivity contribution in [3.05, 3.63) is 35.4 Å². The highest BCUT2D eigenvalue weighted by molar-refractivity contribution is 5.25. The van der Waals surface area contributed by atoms with Crippen LogP contribution in [-0.4, -0.2) is 7.05 Å². The van der Waals surface area contributed by atoms with Crippen LogP contribution in [0.2, 0.25) is 0 Å². The lowest BCUT2D eigenvalue weighted by Gasteiger charge is -2.24. The third-order valence-corrected chi connectivity index (χ3v) is 3.37. The molecule has 2 unspecified atom stereocenters. The van der Waals surface area contributed by atoms with Gasteiger partial charge in [-0.05, 0) is 36.9 Å². The summed E-state index contributed by atoms with van der Waals surface area (Å²) in [6, 6.07) is 9.53. The quantitative estimate of drug-likeness (QED) is 0.764. The van der Waals surface area contributed by atoms with Crippen molar-refractivity contribution in [3.8, 4) is 0 Å². The Balaban J connectivity index is 2.78. The number of hydrogen-bond acceptors (Lipinski definition) is 1. The molecule has 1 N–H and O–H groups in total. The van der Waals surface area contributed by atoms with Gasteiger partial charge in [0.2, 0.25) is 0 Å². The summed E-state index contributed by atoms with van der Waals surface area (Å²) in [5.74, 6) is 0.697. The molecule has 0 radical (unpaired) electrons. The van der Waals surface area contributed by atoms with E-state index in [0.29, 0.717) is 12.0 Å². The van der Waals surface area contributed by atoms with Crippen molar-refractivity contribution in [2.75, 3.05) is 7.05 Å². The summed E-state index contributed by atoms with van der Waals surface area (Å²) in [7, 11) is 2.06. The summed E-state index contributed by atoms with van der Waals surface area (Å²) in [6.07, 6.45) is 3.66. The second kappa shape index (κ2) is 6.70. The molecule has 2 atom stereocenters. The molecule has 0 saturated heterocycles. The van der Waals surface area contributed by atoms with Crippen LogP contribution in [0.3, 0.4) is 0 Å². The highest BCUT2D eigenvalue weighted by Gasteiger charge is 2.16. The molecule has 1 heteroatoms. The fourth-order valence-electron chi connectivity index (χ4n) is 2.36. The molecule has 0 aliphatic heterocycles. The Bertz CT molecular complexity index is 289. The minimum absolute atomic E-state index is 0.492. The van der Waals surface area contributed by atoms with E-state index in [1.807, 2.05) is 0 Å². The fourth-order valence-corrected chi connectivity index (χ4v) is 2.36. The Morgan fingerprint density at radius 1 is 1.12 bits per heavy atom. The van der Waals surface area contributed by atoms with Crippen molar-refractivity contribution < 1.29 is 0 Å². The lowest BCUT2D eigenvalue weighted by Crippen LogP contribution is -2.23. The number of nitrogens with one attached hydrogen (secondary N) is 1. The first-order valence-electron chi connectivity index (χ1n) is 6.49. The van der Waals surface area contributed by atoms with E-state index >= 15 is 0 Å². The minimum Gasteiger partial charge on any atom is -0.313 e. The SMILES string of the molecule is CCCC(C)C(NC)c1ccc(CC)cc1. The summed E-state index contributed by atoms with van der Waals surface area (Å²) in [6.45, 7) is 6.78. The summed E-state index contributed by atoms with van der Waals surface area (Å²) in [4.78, 5) is 0. The van der Waals surface area contributed by atoms with Crippen LogP contribution in [0, 0.1) is 5.92 Å². The molecular formula is C15H25N. The molecule has 90 valence electrons. The molecule has 1 rings (SSSR count). The molecule has 0 spiro atoms. The van der Waals surface area contributed by atoms with Crippen LogP contribution in [0.25, 0.3) is 0 Å². The number of benzene rings is 1. The largest absolute Gasteiger partial charge is 0.313 e. The van der Waals surface area contributed by atoms with Crippen LogP contribution in [0.15, 0.2) is 24.3 Å². The molecule has 0 aromatic heterocycles. The average molecular weight is 219 g/mol. The van der Waals surface area contributed by atoms with Gasteiger partial charge >= 0.3 is 0 Å². The van der Waals surface area contributed by atoms with Gasteiger partial charge in [0.05, 0.1) is 0 Å². The first-order chi connectivity index (χ1) is 7.72. The minimum atomic E-state index is 0.492. The Labute approximate surface area is 100 Å². The molecule has 1 nitrogen and oxygen atoms in total. The average Bonchev–Trinajstić information content (AvgIpc) is 2.31. The zero-order valence-corrected chi connectivity index (χ0v) is 11.1. The molecule has 16 heavy (non-hydrogen) atoms. The van der Waals surface area contributed by atoms with Crippen LogP contribution in [0.5, 0.6) is 0 Å². The molecule has 0 amide bonds. The normalized spacial score (nSPS) is 14.8. The van der Waals surface area contributed by atoms with E-state index in [1.54, 1.807) is 0 Å². The van der Waals surface area contributed by atoms with E-state index in [9.17, 15) is 0 Å². The zero-order valence-electron chi connectivity index (χ0n) is 11.1. The van der Waals surface area contributed by atoms with Crippen molar-refractivity contribution in [3.63, 3.8) is 0 Å². The van der Waals surface area contributed by atoms with Crippen molar-refractivity contribution >= 4 is 0 Å². The number of rotatable bonds is 6. The van der Waals surface area contributed by atoms with E-state index in [0.717, 1.165) is 6.42 Å². The van der Waals surface area contributed by atoms with Gasteiger partial charge in [-0.25, -0.2) is 0 Å². The molecule has 1 aromatic rings. The Morgan fingerprint density at radius 3 is 2.19 bits per heavy atom. The third-order valence-electron chi connectivity index (χ3n) is 3.37. The predicted molar refractivity (Wildman–Crippen MR) is 71.7 cm³/mol. The van der Waals surface area contributed by atoms with Crippen molar-refractivity contribution in [2.45, 2.75) is 46.1 Å². The van der Waals surface area contributed by atoms with E-state index in [1.165, 1.54) is 24.0 Å². The lowest BCUT2D eigenvalue weighted by molar-refractivity contribution is 0.384. The maximum atomic E-state index is 3.44. The summed E-state index contributed by atoms with van der Waals surface area (Å²) >= 11 is 0. The number of hydrogen-bond donors (Lipinski definition) is 1. The highest BCUT2D eigenvalue weighted by Crippen LogP contribution is 2.25. The van der Waals surface area contributed by atoms with E-state index in [-0.39, 0.29) is 0 Å². The smallest absolute Gasteiger partial charge is 0.0343 e. The van der Waals surface area contributed by atoms with E-state index < -0.39 is 0 Å². The maximum Gasteiger partial charge on any atom is 0.0343 e. The summed E-state index contributed by atoms with van der Waals surface area (Å²) < 4.78 is 0. The van der Waals surface area contributed by atoms with Crippen molar-refractivity contribution in [2.24, 2.45) is 5.92 Å².